The molecule has 94 valence electrons. The molecule has 0 aliphatic heterocycles. The van der Waals surface area contributed by atoms with Crippen molar-refractivity contribution < 1.29 is 4.74 Å². The van der Waals surface area contributed by atoms with Gasteiger partial charge < -0.3 is 10.5 Å². The summed E-state index contributed by atoms with van der Waals surface area (Å²) in [4.78, 5) is 4.21. The van der Waals surface area contributed by atoms with Crippen LogP contribution in [0.2, 0.25) is 0 Å². The standard InChI is InChI=1S/C13H19BrN2O/c1-13(2)5-3-10(4-6-13)17-12-11(15)7-9(14)8-16-12/h7-8,10H,3-6,15H2,1-2H3. The van der Waals surface area contributed by atoms with Gasteiger partial charge in [-0.3, -0.25) is 0 Å². The number of anilines is 1. The average molecular weight is 299 g/mol. The molecule has 0 radical (unpaired) electrons. The van der Waals surface area contributed by atoms with E-state index in [-0.39, 0.29) is 6.10 Å². The average Bonchev–Trinajstić information content (AvgIpc) is 2.25. The summed E-state index contributed by atoms with van der Waals surface area (Å²) in [6, 6.07) is 1.83. The van der Waals surface area contributed by atoms with Crippen molar-refractivity contribution in [1.82, 2.24) is 4.98 Å². The van der Waals surface area contributed by atoms with Crippen LogP contribution in [0, 0.1) is 5.41 Å². The lowest BCUT2D eigenvalue weighted by molar-refractivity contribution is 0.0956. The van der Waals surface area contributed by atoms with E-state index < -0.39 is 0 Å². The van der Waals surface area contributed by atoms with Crippen molar-refractivity contribution in [3.8, 4) is 5.88 Å². The lowest BCUT2D eigenvalue weighted by Crippen LogP contribution is -2.28. The normalized spacial score (nSPS) is 20.2. The minimum absolute atomic E-state index is 0.263. The van der Waals surface area contributed by atoms with Gasteiger partial charge in [0, 0.05) is 10.7 Å². The van der Waals surface area contributed by atoms with Crippen LogP contribution in [0.1, 0.15) is 39.5 Å². The smallest absolute Gasteiger partial charge is 0.237 e. The Kier molecular flexibility index (Phi) is 3.61. The van der Waals surface area contributed by atoms with E-state index in [4.69, 9.17) is 10.5 Å². The number of rotatable bonds is 2. The van der Waals surface area contributed by atoms with Crippen molar-refractivity contribution in [3.63, 3.8) is 0 Å². The summed E-state index contributed by atoms with van der Waals surface area (Å²) in [5.74, 6) is 0.568. The highest BCUT2D eigenvalue weighted by Crippen LogP contribution is 2.37. The van der Waals surface area contributed by atoms with Crippen LogP contribution in [0.15, 0.2) is 16.7 Å². The lowest BCUT2D eigenvalue weighted by Gasteiger charge is -2.34. The van der Waals surface area contributed by atoms with Crippen molar-refractivity contribution >= 4 is 21.6 Å². The van der Waals surface area contributed by atoms with Crippen molar-refractivity contribution in [2.45, 2.75) is 45.6 Å². The summed E-state index contributed by atoms with van der Waals surface area (Å²) in [5.41, 5.74) is 6.93. The molecule has 1 heterocycles. The fourth-order valence-electron chi connectivity index (χ4n) is 2.19. The third-order valence-electron chi connectivity index (χ3n) is 3.41. The Morgan fingerprint density at radius 1 is 1.41 bits per heavy atom. The van der Waals surface area contributed by atoms with Crippen molar-refractivity contribution in [2.24, 2.45) is 5.41 Å². The number of ether oxygens (including phenoxy) is 1. The molecule has 1 aliphatic carbocycles. The van der Waals surface area contributed by atoms with Crippen LogP contribution in [0.3, 0.4) is 0 Å². The number of hydrogen-bond donors (Lipinski definition) is 1. The number of pyridine rings is 1. The highest BCUT2D eigenvalue weighted by molar-refractivity contribution is 9.10. The minimum Gasteiger partial charge on any atom is -0.473 e. The van der Waals surface area contributed by atoms with Crippen LogP contribution in [0.4, 0.5) is 5.69 Å². The molecule has 1 aliphatic rings. The third-order valence-corrected chi connectivity index (χ3v) is 3.84. The van der Waals surface area contributed by atoms with Crippen molar-refractivity contribution in [3.05, 3.63) is 16.7 Å². The molecule has 0 bridgehead atoms. The summed E-state index contributed by atoms with van der Waals surface area (Å²) < 4.78 is 6.76. The molecule has 0 saturated heterocycles. The quantitative estimate of drug-likeness (QED) is 0.904. The van der Waals surface area contributed by atoms with E-state index in [1.165, 1.54) is 12.8 Å². The molecule has 1 fully saturated rings. The Morgan fingerprint density at radius 3 is 2.65 bits per heavy atom. The van der Waals surface area contributed by atoms with E-state index in [9.17, 15) is 0 Å². The summed E-state index contributed by atoms with van der Waals surface area (Å²) in [6.45, 7) is 4.63. The van der Waals surface area contributed by atoms with E-state index in [2.05, 4.69) is 34.8 Å². The van der Waals surface area contributed by atoms with Gasteiger partial charge in [0.15, 0.2) is 0 Å². The summed E-state index contributed by atoms with van der Waals surface area (Å²) in [7, 11) is 0. The SMILES string of the molecule is CC1(C)CCC(Oc2ncc(Br)cc2N)CC1. The van der Waals surface area contributed by atoms with Crippen LogP contribution in [-0.2, 0) is 0 Å². The first-order valence-corrected chi connectivity index (χ1v) is 6.83. The zero-order valence-corrected chi connectivity index (χ0v) is 12.0. The maximum atomic E-state index is 5.88. The Bertz CT molecular complexity index is 396. The molecule has 17 heavy (non-hydrogen) atoms. The molecule has 1 saturated carbocycles. The molecule has 0 amide bonds. The maximum absolute atomic E-state index is 5.88. The molecule has 4 heteroatoms. The van der Waals surface area contributed by atoms with Crippen LogP contribution in [-0.4, -0.2) is 11.1 Å². The largest absolute Gasteiger partial charge is 0.473 e. The molecule has 0 aromatic carbocycles. The number of halogens is 1. The number of nitrogens with two attached hydrogens (primary N) is 1. The monoisotopic (exact) mass is 298 g/mol. The third kappa shape index (κ3) is 3.35. The van der Waals surface area contributed by atoms with Gasteiger partial charge in [-0.15, -0.1) is 0 Å². The summed E-state index contributed by atoms with van der Waals surface area (Å²) >= 11 is 3.34. The number of nitrogen functional groups attached to an aromatic ring is 1. The van der Waals surface area contributed by atoms with E-state index >= 15 is 0 Å². The molecule has 0 atom stereocenters. The number of aromatic nitrogens is 1. The fraction of sp³-hybridized carbons (Fsp3) is 0.615. The molecule has 3 nitrogen and oxygen atoms in total. The van der Waals surface area contributed by atoms with Crippen LogP contribution in [0.25, 0.3) is 0 Å². The van der Waals surface area contributed by atoms with Crippen LogP contribution >= 0.6 is 15.9 Å². The van der Waals surface area contributed by atoms with Gasteiger partial charge in [-0.2, -0.15) is 0 Å². The highest BCUT2D eigenvalue weighted by Gasteiger charge is 2.28. The van der Waals surface area contributed by atoms with Crippen LogP contribution < -0.4 is 10.5 Å². The van der Waals surface area contributed by atoms with Gasteiger partial charge in [-0.25, -0.2) is 4.98 Å². The Balaban J connectivity index is 1.98. The Morgan fingerprint density at radius 2 is 2.06 bits per heavy atom. The van der Waals surface area contributed by atoms with E-state index in [1.54, 1.807) is 6.20 Å². The zero-order valence-electron chi connectivity index (χ0n) is 10.4. The predicted octanol–water partition coefficient (Wildman–Crippen LogP) is 3.77. The summed E-state index contributed by atoms with van der Waals surface area (Å²) in [5, 5.41) is 0. The number of hydrogen-bond acceptors (Lipinski definition) is 3. The lowest BCUT2D eigenvalue weighted by atomic mass is 9.76. The Hall–Kier alpha value is -0.770. The molecular weight excluding hydrogens is 280 g/mol. The van der Waals surface area contributed by atoms with Crippen LogP contribution in [0.5, 0.6) is 5.88 Å². The highest BCUT2D eigenvalue weighted by atomic mass is 79.9. The summed E-state index contributed by atoms with van der Waals surface area (Å²) in [6.07, 6.45) is 6.56. The molecular formula is C13H19BrN2O. The first-order valence-electron chi connectivity index (χ1n) is 6.04. The van der Waals surface area contributed by atoms with Gasteiger partial charge in [0.1, 0.15) is 6.10 Å². The first-order chi connectivity index (χ1) is 7.96. The van der Waals surface area contributed by atoms with Gasteiger partial charge >= 0.3 is 0 Å². The van der Waals surface area contributed by atoms with Gasteiger partial charge in [0.2, 0.25) is 5.88 Å². The fourth-order valence-corrected chi connectivity index (χ4v) is 2.54. The molecule has 2 N–H and O–H groups in total. The second-order valence-electron chi connectivity index (χ2n) is 5.53. The Labute approximate surface area is 111 Å². The van der Waals surface area contributed by atoms with Gasteiger partial charge in [0.25, 0.3) is 0 Å². The van der Waals surface area contributed by atoms with E-state index in [0.717, 1.165) is 17.3 Å². The maximum Gasteiger partial charge on any atom is 0.237 e. The van der Waals surface area contributed by atoms with Crippen molar-refractivity contribution in [2.75, 3.05) is 5.73 Å². The van der Waals surface area contributed by atoms with Gasteiger partial charge in [-0.1, -0.05) is 13.8 Å². The molecule has 0 unspecified atom stereocenters. The van der Waals surface area contributed by atoms with E-state index in [0.29, 0.717) is 17.0 Å². The molecule has 0 spiro atoms. The second kappa shape index (κ2) is 4.84. The second-order valence-corrected chi connectivity index (χ2v) is 6.45. The predicted molar refractivity (Wildman–Crippen MR) is 73.0 cm³/mol. The molecule has 2 rings (SSSR count). The minimum atomic E-state index is 0.263. The van der Waals surface area contributed by atoms with Gasteiger partial charge in [0.05, 0.1) is 5.69 Å². The van der Waals surface area contributed by atoms with E-state index in [1.807, 2.05) is 6.07 Å². The topological polar surface area (TPSA) is 48.1 Å². The number of nitrogens with zero attached hydrogens (tertiary/aromatic N) is 1. The van der Waals surface area contributed by atoms with Gasteiger partial charge in [-0.05, 0) is 53.1 Å². The molecule has 1 aromatic heterocycles. The zero-order chi connectivity index (χ0) is 12.5. The molecule has 1 aromatic rings. The first kappa shape index (κ1) is 12.7. The van der Waals surface area contributed by atoms with Crippen molar-refractivity contribution in [1.29, 1.82) is 0 Å².